The zero-order chi connectivity index (χ0) is 10.6. The molecule has 0 aromatic carbocycles. The Hall–Kier alpha value is -1.38. The Kier molecular flexibility index (Phi) is 3.60. The molecular weight excluding hydrogens is 172 g/mol. The Morgan fingerprint density at radius 2 is 1.92 bits per heavy atom. The fourth-order valence-electron chi connectivity index (χ4n) is 0.836. The standard InChI is InChI=1S/C9H12O4/c1-5-6(2)9(12,7(3)10)8(11)13-4/h12H,1H2,2-4H3. The Labute approximate surface area is 76.5 Å². The normalized spacial score (nSPS) is 13.8. The van der Waals surface area contributed by atoms with Gasteiger partial charge in [0.15, 0.2) is 5.78 Å². The topological polar surface area (TPSA) is 63.6 Å². The first-order valence-corrected chi connectivity index (χ1v) is 3.60. The van der Waals surface area contributed by atoms with Gasteiger partial charge >= 0.3 is 5.97 Å². The largest absolute Gasteiger partial charge is 0.466 e. The molecule has 0 aromatic heterocycles. The van der Waals surface area contributed by atoms with Gasteiger partial charge in [0, 0.05) is 5.57 Å². The molecule has 0 fully saturated rings. The Balaban J connectivity index is 5.32. The van der Waals surface area contributed by atoms with Crippen molar-refractivity contribution in [1.29, 1.82) is 0 Å². The van der Waals surface area contributed by atoms with Crippen LogP contribution in [0.2, 0.25) is 0 Å². The van der Waals surface area contributed by atoms with Gasteiger partial charge in [-0.3, -0.25) is 4.79 Å². The fourth-order valence-corrected chi connectivity index (χ4v) is 0.836. The van der Waals surface area contributed by atoms with Crippen LogP contribution in [0.1, 0.15) is 13.8 Å². The molecule has 72 valence electrons. The van der Waals surface area contributed by atoms with Crippen LogP contribution in [0.25, 0.3) is 0 Å². The second-order valence-corrected chi connectivity index (χ2v) is 2.56. The molecule has 0 heterocycles. The van der Waals surface area contributed by atoms with Crippen molar-refractivity contribution in [3.63, 3.8) is 0 Å². The van der Waals surface area contributed by atoms with E-state index in [1.54, 1.807) is 0 Å². The van der Waals surface area contributed by atoms with Crippen LogP contribution >= 0.6 is 0 Å². The van der Waals surface area contributed by atoms with E-state index >= 15 is 0 Å². The number of carbonyl (C=O) groups is 2. The minimum absolute atomic E-state index is 0.0341. The third-order valence-electron chi connectivity index (χ3n) is 1.80. The van der Waals surface area contributed by atoms with Crippen LogP contribution in [0.4, 0.5) is 0 Å². The highest BCUT2D eigenvalue weighted by atomic mass is 16.5. The molecule has 0 radical (unpaired) electrons. The molecule has 0 aliphatic rings. The molecule has 0 saturated heterocycles. The van der Waals surface area contributed by atoms with Gasteiger partial charge in [-0.05, 0) is 13.8 Å². The van der Waals surface area contributed by atoms with Crippen LogP contribution < -0.4 is 0 Å². The average Bonchev–Trinajstić information content (AvgIpc) is 2.13. The van der Waals surface area contributed by atoms with Gasteiger partial charge in [-0.25, -0.2) is 4.79 Å². The molecule has 0 aliphatic carbocycles. The maximum Gasteiger partial charge on any atom is 0.350 e. The summed E-state index contributed by atoms with van der Waals surface area (Å²) < 4.78 is 4.30. The molecule has 0 aliphatic heterocycles. The maximum absolute atomic E-state index is 11.1. The van der Waals surface area contributed by atoms with Gasteiger partial charge < -0.3 is 9.84 Å². The van der Waals surface area contributed by atoms with E-state index in [9.17, 15) is 14.7 Å². The summed E-state index contributed by atoms with van der Waals surface area (Å²) in [5, 5.41) is 9.66. The van der Waals surface area contributed by atoms with Crippen molar-refractivity contribution >= 4 is 11.8 Å². The quantitative estimate of drug-likeness (QED) is 0.387. The lowest BCUT2D eigenvalue weighted by molar-refractivity contribution is -0.163. The van der Waals surface area contributed by atoms with Crippen LogP contribution in [0, 0.1) is 0 Å². The molecule has 0 amide bonds. The van der Waals surface area contributed by atoms with Crippen molar-refractivity contribution in [1.82, 2.24) is 0 Å². The maximum atomic E-state index is 11.1. The lowest BCUT2D eigenvalue weighted by Crippen LogP contribution is -2.47. The third-order valence-corrected chi connectivity index (χ3v) is 1.80. The molecule has 1 N–H and O–H groups in total. The van der Waals surface area contributed by atoms with Gasteiger partial charge in [-0.15, -0.1) is 5.73 Å². The van der Waals surface area contributed by atoms with Crippen molar-refractivity contribution in [2.75, 3.05) is 7.11 Å². The molecule has 4 nitrogen and oxygen atoms in total. The molecule has 0 rings (SSSR count). The lowest BCUT2D eigenvalue weighted by Gasteiger charge is -2.21. The van der Waals surface area contributed by atoms with Crippen LogP contribution in [-0.4, -0.2) is 29.6 Å². The number of Topliss-reactive ketones (excluding diaryl/α,β-unsaturated/α-hetero) is 1. The minimum atomic E-state index is -2.24. The summed E-state index contributed by atoms with van der Waals surface area (Å²) in [6.45, 7) is 5.72. The van der Waals surface area contributed by atoms with E-state index in [0.29, 0.717) is 0 Å². The van der Waals surface area contributed by atoms with Gasteiger partial charge in [0.1, 0.15) is 0 Å². The predicted octanol–water partition coefficient (Wildman–Crippen LogP) is 0.211. The predicted molar refractivity (Wildman–Crippen MR) is 46.0 cm³/mol. The number of ether oxygens (including phenoxy) is 1. The molecule has 0 bridgehead atoms. The van der Waals surface area contributed by atoms with E-state index in [1.807, 2.05) is 0 Å². The molecule has 4 heteroatoms. The Bertz CT molecular complexity index is 286. The van der Waals surface area contributed by atoms with E-state index in [-0.39, 0.29) is 5.57 Å². The summed E-state index contributed by atoms with van der Waals surface area (Å²) in [4.78, 5) is 22.1. The van der Waals surface area contributed by atoms with E-state index in [0.717, 1.165) is 14.0 Å². The van der Waals surface area contributed by atoms with Gasteiger partial charge in [-0.2, -0.15) is 0 Å². The van der Waals surface area contributed by atoms with Crippen molar-refractivity contribution in [2.45, 2.75) is 19.4 Å². The highest BCUT2D eigenvalue weighted by Gasteiger charge is 2.44. The van der Waals surface area contributed by atoms with Crippen molar-refractivity contribution < 1.29 is 19.4 Å². The number of ketones is 1. The summed E-state index contributed by atoms with van der Waals surface area (Å²) in [5.41, 5.74) is 0.0916. The first-order valence-electron chi connectivity index (χ1n) is 3.60. The first-order chi connectivity index (χ1) is 5.91. The van der Waals surface area contributed by atoms with E-state index in [1.165, 1.54) is 6.92 Å². The summed E-state index contributed by atoms with van der Waals surface area (Å²) in [6.07, 6.45) is 0. The number of methoxy groups -OCH3 is 1. The van der Waals surface area contributed by atoms with E-state index in [4.69, 9.17) is 0 Å². The second-order valence-electron chi connectivity index (χ2n) is 2.56. The fraction of sp³-hybridized carbons (Fsp3) is 0.444. The van der Waals surface area contributed by atoms with Crippen molar-refractivity contribution in [3.8, 4) is 0 Å². The number of aliphatic hydroxyl groups is 1. The summed E-state index contributed by atoms with van der Waals surface area (Å²) in [7, 11) is 1.09. The number of carbonyl (C=O) groups excluding carboxylic acids is 2. The monoisotopic (exact) mass is 184 g/mol. The minimum Gasteiger partial charge on any atom is -0.466 e. The Morgan fingerprint density at radius 3 is 2.15 bits per heavy atom. The van der Waals surface area contributed by atoms with Crippen LogP contribution in [0.15, 0.2) is 17.9 Å². The number of hydrogen-bond donors (Lipinski definition) is 1. The lowest BCUT2D eigenvalue weighted by atomic mass is 9.91. The number of hydrogen-bond acceptors (Lipinski definition) is 4. The molecule has 13 heavy (non-hydrogen) atoms. The third kappa shape index (κ3) is 1.86. The first kappa shape index (κ1) is 11.6. The average molecular weight is 184 g/mol. The molecule has 0 saturated carbocycles. The molecule has 1 atom stereocenters. The van der Waals surface area contributed by atoms with Crippen LogP contribution in [0.5, 0.6) is 0 Å². The highest BCUT2D eigenvalue weighted by molar-refractivity contribution is 6.09. The summed E-state index contributed by atoms with van der Waals surface area (Å²) in [6, 6.07) is 0. The highest BCUT2D eigenvalue weighted by Crippen LogP contribution is 2.18. The zero-order valence-corrected chi connectivity index (χ0v) is 7.88. The second kappa shape index (κ2) is 4.03. The summed E-state index contributed by atoms with van der Waals surface area (Å²) in [5.74, 6) is -1.73. The molecule has 0 aromatic rings. The summed E-state index contributed by atoms with van der Waals surface area (Å²) >= 11 is 0. The van der Waals surface area contributed by atoms with Gasteiger partial charge in [0.05, 0.1) is 7.11 Å². The molecular formula is C9H12O4. The molecule has 1 unspecified atom stereocenters. The SMILES string of the molecule is C=C=C(C)C(O)(C(C)=O)C(=O)OC. The van der Waals surface area contributed by atoms with Crippen LogP contribution in [-0.2, 0) is 14.3 Å². The van der Waals surface area contributed by atoms with Crippen LogP contribution in [0.3, 0.4) is 0 Å². The van der Waals surface area contributed by atoms with Gasteiger partial charge in [0.2, 0.25) is 5.60 Å². The van der Waals surface area contributed by atoms with E-state index < -0.39 is 17.4 Å². The van der Waals surface area contributed by atoms with Gasteiger partial charge in [-0.1, -0.05) is 6.58 Å². The van der Waals surface area contributed by atoms with Crippen molar-refractivity contribution in [3.05, 3.63) is 17.9 Å². The van der Waals surface area contributed by atoms with Gasteiger partial charge in [0.25, 0.3) is 0 Å². The van der Waals surface area contributed by atoms with Crippen molar-refractivity contribution in [2.24, 2.45) is 0 Å². The molecule has 0 spiro atoms. The number of esters is 1. The zero-order valence-electron chi connectivity index (χ0n) is 7.88. The smallest absolute Gasteiger partial charge is 0.350 e. The van der Waals surface area contributed by atoms with E-state index in [2.05, 4.69) is 17.0 Å². The Morgan fingerprint density at radius 1 is 1.46 bits per heavy atom. The number of rotatable bonds is 3.